The van der Waals surface area contributed by atoms with Gasteiger partial charge in [0.25, 0.3) is 0 Å². The summed E-state index contributed by atoms with van der Waals surface area (Å²) in [6, 6.07) is 5.84. The Kier molecular flexibility index (Phi) is 9.61. The highest BCUT2D eigenvalue weighted by molar-refractivity contribution is 5.78. The average molecular weight is 477 g/mol. The van der Waals surface area contributed by atoms with Crippen LogP contribution in [0, 0.1) is 23.3 Å². The second-order valence-electron chi connectivity index (χ2n) is 8.39. The number of hydrogen-bond acceptors (Lipinski definition) is 2. The molecule has 0 aromatic heterocycles. The molecule has 2 aromatic rings. The third kappa shape index (κ3) is 6.22. The molecule has 0 saturated carbocycles. The standard InChI is InChI=1S/C28H32F4O2/c1-3-5-6-7-8-9-18-34-24-17-15-22(26(30)28(24)32)20-12-10-19(11-13-20)21-14-16-23(33-4-2)27(31)25(21)29/h10,13-17H,3-9,11-12,18H2,1-2H3. The lowest BCUT2D eigenvalue weighted by atomic mass is 9.90. The van der Waals surface area contributed by atoms with Gasteiger partial charge in [-0.05, 0) is 61.6 Å². The summed E-state index contributed by atoms with van der Waals surface area (Å²) in [6.45, 7) is 4.43. The molecule has 0 N–H and O–H groups in total. The minimum Gasteiger partial charge on any atom is -0.491 e. The number of ether oxygens (including phenoxy) is 2. The van der Waals surface area contributed by atoms with Crippen molar-refractivity contribution in [2.45, 2.75) is 65.2 Å². The maximum absolute atomic E-state index is 14.8. The normalized spacial score (nSPS) is 13.5. The van der Waals surface area contributed by atoms with E-state index < -0.39 is 23.3 Å². The monoisotopic (exact) mass is 476 g/mol. The van der Waals surface area contributed by atoms with E-state index in [0.29, 0.717) is 17.8 Å². The minimum absolute atomic E-state index is 0.0885. The molecular formula is C28H32F4O2. The van der Waals surface area contributed by atoms with Gasteiger partial charge in [-0.2, -0.15) is 8.78 Å². The van der Waals surface area contributed by atoms with Gasteiger partial charge in [-0.3, -0.25) is 0 Å². The van der Waals surface area contributed by atoms with Crippen molar-refractivity contribution in [3.8, 4) is 11.5 Å². The quantitative estimate of drug-likeness (QED) is 0.225. The lowest BCUT2D eigenvalue weighted by Gasteiger charge is -2.17. The Balaban J connectivity index is 1.63. The van der Waals surface area contributed by atoms with Crippen molar-refractivity contribution in [3.05, 3.63) is 70.8 Å². The van der Waals surface area contributed by atoms with Crippen LogP contribution in [0.1, 0.15) is 76.3 Å². The molecule has 0 radical (unpaired) electrons. The summed E-state index contributed by atoms with van der Waals surface area (Å²) in [7, 11) is 0. The van der Waals surface area contributed by atoms with Gasteiger partial charge in [0.2, 0.25) is 11.6 Å². The van der Waals surface area contributed by atoms with E-state index in [9.17, 15) is 17.6 Å². The van der Waals surface area contributed by atoms with Gasteiger partial charge in [0.05, 0.1) is 13.2 Å². The molecule has 0 bridgehead atoms. The highest BCUT2D eigenvalue weighted by atomic mass is 19.2. The highest BCUT2D eigenvalue weighted by Crippen LogP contribution is 2.36. The Labute approximate surface area is 199 Å². The largest absolute Gasteiger partial charge is 0.491 e. The third-order valence-electron chi connectivity index (χ3n) is 5.98. The molecule has 0 saturated heterocycles. The van der Waals surface area contributed by atoms with Gasteiger partial charge in [0, 0.05) is 11.1 Å². The molecule has 1 aliphatic carbocycles. The molecule has 0 atom stereocenters. The van der Waals surface area contributed by atoms with Crippen molar-refractivity contribution >= 4 is 11.1 Å². The Morgan fingerprint density at radius 3 is 1.62 bits per heavy atom. The fourth-order valence-corrected chi connectivity index (χ4v) is 4.08. The van der Waals surface area contributed by atoms with E-state index in [1.54, 1.807) is 19.1 Å². The van der Waals surface area contributed by atoms with Crippen LogP contribution in [-0.2, 0) is 0 Å². The van der Waals surface area contributed by atoms with E-state index in [0.717, 1.165) is 19.3 Å². The first kappa shape index (κ1) is 25.9. The zero-order valence-electron chi connectivity index (χ0n) is 19.9. The molecular weight excluding hydrogens is 444 g/mol. The summed E-state index contributed by atoms with van der Waals surface area (Å²) < 4.78 is 68.6. The zero-order valence-corrected chi connectivity index (χ0v) is 19.9. The lowest BCUT2D eigenvalue weighted by Crippen LogP contribution is -2.04. The van der Waals surface area contributed by atoms with Crippen LogP contribution in [0.3, 0.4) is 0 Å². The SMILES string of the molecule is CCCCCCCCOc1ccc(C2=CCC(c3ccc(OCC)c(F)c3F)=CC2)c(F)c1F. The summed E-state index contributed by atoms with van der Waals surface area (Å²) in [5.41, 5.74) is 1.47. The van der Waals surface area contributed by atoms with Gasteiger partial charge < -0.3 is 9.47 Å². The summed E-state index contributed by atoms with van der Waals surface area (Å²) in [5.74, 6) is -4.18. The molecule has 3 rings (SSSR count). The van der Waals surface area contributed by atoms with E-state index in [4.69, 9.17) is 9.47 Å². The van der Waals surface area contributed by atoms with Crippen molar-refractivity contribution in [2.24, 2.45) is 0 Å². The molecule has 0 aliphatic heterocycles. The van der Waals surface area contributed by atoms with Crippen molar-refractivity contribution in [3.63, 3.8) is 0 Å². The van der Waals surface area contributed by atoms with E-state index >= 15 is 0 Å². The molecule has 1 aliphatic rings. The number of halogens is 4. The predicted octanol–water partition coefficient (Wildman–Crippen LogP) is 8.64. The van der Waals surface area contributed by atoms with Crippen molar-refractivity contribution in [2.75, 3.05) is 13.2 Å². The Morgan fingerprint density at radius 2 is 1.12 bits per heavy atom. The van der Waals surface area contributed by atoms with Crippen molar-refractivity contribution < 1.29 is 27.0 Å². The van der Waals surface area contributed by atoms with E-state index in [-0.39, 0.29) is 42.1 Å². The van der Waals surface area contributed by atoms with Crippen molar-refractivity contribution in [1.29, 1.82) is 0 Å². The van der Waals surface area contributed by atoms with Crippen LogP contribution in [0.15, 0.2) is 36.4 Å². The van der Waals surface area contributed by atoms with Crippen molar-refractivity contribution in [1.82, 2.24) is 0 Å². The molecule has 2 aromatic carbocycles. The zero-order chi connectivity index (χ0) is 24.5. The first-order valence-corrected chi connectivity index (χ1v) is 12.1. The van der Waals surface area contributed by atoms with Gasteiger partial charge in [-0.15, -0.1) is 0 Å². The first-order chi connectivity index (χ1) is 16.5. The number of hydrogen-bond donors (Lipinski definition) is 0. The molecule has 0 unspecified atom stereocenters. The summed E-state index contributed by atoms with van der Waals surface area (Å²) in [5, 5.41) is 0. The first-order valence-electron chi connectivity index (χ1n) is 12.1. The van der Waals surface area contributed by atoms with E-state index in [1.807, 2.05) is 0 Å². The van der Waals surface area contributed by atoms with Crippen LogP contribution in [0.4, 0.5) is 17.6 Å². The fourth-order valence-electron chi connectivity index (χ4n) is 4.08. The molecule has 2 nitrogen and oxygen atoms in total. The average Bonchev–Trinajstić information content (AvgIpc) is 2.84. The van der Waals surface area contributed by atoms with E-state index in [1.165, 1.54) is 43.5 Å². The fraction of sp³-hybridized carbons (Fsp3) is 0.429. The summed E-state index contributed by atoms with van der Waals surface area (Å²) in [6.07, 6.45) is 10.5. The maximum atomic E-state index is 14.8. The molecule has 34 heavy (non-hydrogen) atoms. The van der Waals surface area contributed by atoms with Crippen LogP contribution in [0.5, 0.6) is 11.5 Å². The molecule has 184 valence electrons. The van der Waals surface area contributed by atoms with E-state index in [2.05, 4.69) is 6.92 Å². The number of rotatable bonds is 12. The van der Waals surface area contributed by atoms with Gasteiger partial charge in [-0.1, -0.05) is 51.2 Å². The summed E-state index contributed by atoms with van der Waals surface area (Å²) >= 11 is 0. The summed E-state index contributed by atoms with van der Waals surface area (Å²) in [4.78, 5) is 0. The number of unbranched alkanes of at least 4 members (excludes halogenated alkanes) is 5. The topological polar surface area (TPSA) is 18.5 Å². The number of allylic oxidation sites excluding steroid dienone is 4. The Hall–Kier alpha value is -2.76. The van der Waals surface area contributed by atoms with Crippen LogP contribution in [0.25, 0.3) is 11.1 Å². The smallest absolute Gasteiger partial charge is 0.201 e. The lowest BCUT2D eigenvalue weighted by molar-refractivity contribution is 0.284. The van der Waals surface area contributed by atoms with Crippen LogP contribution in [0.2, 0.25) is 0 Å². The Morgan fingerprint density at radius 1 is 0.618 bits per heavy atom. The van der Waals surface area contributed by atoms with Crippen LogP contribution < -0.4 is 9.47 Å². The molecule has 0 heterocycles. The Bertz CT molecular complexity index is 1040. The highest BCUT2D eigenvalue weighted by Gasteiger charge is 2.21. The second-order valence-corrected chi connectivity index (χ2v) is 8.39. The van der Waals surface area contributed by atoms with Crippen LogP contribution in [-0.4, -0.2) is 13.2 Å². The third-order valence-corrected chi connectivity index (χ3v) is 5.98. The molecule has 6 heteroatoms. The van der Waals surface area contributed by atoms with Gasteiger partial charge in [0.15, 0.2) is 23.1 Å². The molecule has 0 fully saturated rings. The molecule has 0 spiro atoms. The minimum atomic E-state index is -1.03. The van der Waals surface area contributed by atoms with Gasteiger partial charge in [-0.25, -0.2) is 8.78 Å². The number of benzene rings is 2. The predicted molar refractivity (Wildman–Crippen MR) is 128 cm³/mol. The molecule has 0 amide bonds. The maximum Gasteiger partial charge on any atom is 0.201 e. The second kappa shape index (κ2) is 12.6. The van der Waals surface area contributed by atoms with Gasteiger partial charge >= 0.3 is 0 Å². The van der Waals surface area contributed by atoms with Crippen LogP contribution >= 0.6 is 0 Å². The van der Waals surface area contributed by atoms with Gasteiger partial charge in [0.1, 0.15) is 0 Å².